The van der Waals surface area contributed by atoms with Gasteiger partial charge < -0.3 is 14.2 Å². The van der Waals surface area contributed by atoms with Gasteiger partial charge in [-0.1, -0.05) is 48.5 Å². The molecule has 0 saturated carbocycles. The van der Waals surface area contributed by atoms with E-state index in [4.69, 9.17) is 14.2 Å². The molecular formula is C20H17NO5S. The molecule has 0 amide bonds. The number of para-hydroxylation sites is 1. The number of hydrogen-bond donors (Lipinski definition) is 1. The number of hydrogen-bond acceptors (Lipinski definition) is 5. The van der Waals surface area contributed by atoms with Crippen molar-refractivity contribution < 1.29 is 22.6 Å². The van der Waals surface area contributed by atoms with Crippen LogP contribution in [0.25, 0.3) is 0 Å². The second kappa shape index (κ2) is 7.20. The summed E-state index contributed by atoms with van der Waals surface area (Å²) in [6.45, 7) is 0.275. The Bertz CT molecular complexity index is 1040. The van der Waals surface area contributed by atoms with E-state index in [-0.39, 0.29) is 24.0 Å². The van der Waals surface area contributed by atoms with Crippen LogP contribution in [0.1, 0.15) is 5.56 Å². The van der Waals surface area contributed by atoms with Gasteiger partial charge in [0.25, 0.3) is 10.0 Å². The van der Waals surface area contributed by atoms with Crippen LogP contribution in [0.2, 0.25) is 0 Å². The summed E-state index contributed by atoms with van der Waals surface area (Å²) in [6, 6.07) is 21.2. The lowest BCUT2D eigenvalue weighted by molar-refractivity contribution is 0.173. The van der Waals surface area contributed by atoms with E-state index in [9.17, 15) is 8.42 Å². The predicted octanol–water partition coefficient (Wildman–Crippen LogP) is 3.80. The van der Waals surface area contributed by atoms with Gasteiger partial charge in [0.15, 0.2) is 11.5 Å². The van der Waals surface area contributed by atoms with E-state index in [0.717, 1.165) is 5.56 Å². The van der Waals surface area contributed by atoms with Crippen LogP contribution in [0.15, 0.2) is 77.7 Å². The minimum atomic E-state index is -3.88. The molecule has 0 unspecified atom stereocenters. The molecule has 0 bridgehead atoms. The van der Waals surface area contributed by atoms with Crippen LogP contribution < -0.4 is 18.9 Å². The summed E-state index contributed by atoms with van der Waals surface area (Å²) >= 11 is 0. The summed E-state index contributed by atoms with van der Waals surface area (Å²) in [4.78, 5) is -0.00784. The van der Waals surface area contributed by atoms with Gasteiger partial charge in [0.1, 0.15) is 17.3 Å². The molecule has 0 saturated heterocycles. The maximum Gasteiger partial charge on any atom is 0.265 e. The van der Waals surface area contributed by atoms with Gasteiger partial charge in [-0.2, -0.15) is 0 Å². The van der Waals surface area contributed by atoms with Crippen molar-refractivity contribution in [1.29, 1.82) is 0 Å². The van der Waals surface area contributed by atoms with Crippen LogP contribution in [0, 0.1) is 0 Å². The van der Waals surface area contributed by atoms with Crippen LogP contribution in [0.4, 0.5) is 5.69 Å². The summed E-state index contributed by atoms with van der Waals surface area (Å²) in [5.74, 6) is 1.03. The van der Waals surface area contributed by atoms with Crippen LogP contribution >= 0.6 is 0 Å². The van der Waals surface area contributed by atoms with Crippen LogP contribution in [0.3, 0.4) is 0 Å². The average Bonchev–Trinajstić information content (AvgIpc) is 3.14. The molecule has 27 heavy (non-hydrogen) atoms. The van der Waals surface area contributed by atoms with E-state index in [0.29, 0.717) is 17.2 Å². The molecule has 1 aliphatic heterocycles. The van der Waals surface area contributed by atoms with Crippen molar-refractivity contribution in [3.05, 3.63) is 78.4 Å². The highest BCUT2D eigenvalue weighted by molar-refractivity contribution is 7.92. The molecule has 0 radical (unpaired) electrons. The van der Waals surface area contributed by atoms with E-state index in [1.54, 1.807) is 30.3 Å². The van der Waals surface area contributed by atoms with E-state index >= 15 is 0 Å². The van der Waals surface area contributed by atoms with Crippen molar-refractivity contribution >= 4 is 15.7 Å². The molecular weight excluding hydrogens is 366 g/mol. The highest BCUT2D eigenvalue weighted by Crippen LogP contribution is 2.40. The fraction of sp³-hybridized carbons (Fsp3) is 0.100. The Morgan fingerprint density at radius 1 is 0.889 bits per heavy atom. The maximum atomic E-state index is 12.9. The van der Waals surface area contributed by atoms with Crippen molar-refractivity contribution in [2.45, 2.75) is 11.5 Å². The van der Waals surface area contributed by atoms with Crippen molar-refractivity contribution in [3.63, 3.8) is 0 Å². The highest BCUT2D eigenvalue weighted by Gasteiger charge is 2.26. The molecule has 0 spiro atoms. The summed E-state index contributed by atoms with van der Waals surface area (Å²) in [5, 5.41) is 0. The highest BCUT2D eigenvalue weighted by atomic mass is 32.2. The van der Waals surface area contributed by atoms with Crippen molar-refractivity contribution in [1.82, 2.24) is 0 Å². The number of fused-ring (bicyclic) bond motifs is 1. The molecule has 1 aliphatic rings. The zero-order chi connectivity index (χ0) is 18.7. The molecule has 1 heterocycles. The van der Waals surface area contributed by atoms with Gasteiger partial charge in [-0.25, -0.2) is 8.42 Å². The number of benzene rings is 3. The third kappa shape index (κ3) is 3.83. The molecule has 6 nitrogen and oxygen atoms in total. The second-order valence-electron chi connectivity index (χ2n) is 5.90. The van der Waals surface area contributed by atoms with Gasteiger partial charge in [-0.05, 0) is 17.7 Å². The third-order valence-electron chi connectivity index (χ3n) is 3.99. The summed E-state index contributed by atoms with van der Waals surface area (Å²) in [6.07, 6.45) is 0. The van der Waals surface area contributed by atoms with Crippen molar-refractivity contribution in [2.24, 2.45) is 0 Å². The van der Waals surface area contributed by atoms with Gasteiger partial charge in [-0.15, -0.1) is 0 Å². The lowest BCUT2D eigenvalue weighted by atomic mass is 10.2. The first-order valence-corrected chi connectivity index (χ1v) is 9.78. The lowest BCUT2D eigenvalue weighted by Crippen LogP contribution is -2.14. The number of nitrogens with one attached hydrogen (secondary N) is 1. The van der Waals surface area contributed by atoms with E-state index in [1.165, 1.54) is 6.07 Å². The maximum absolute atomic E-state index is 12.9. The molecule has 0 aromatic heterocycles. The first kappa shape index (κ1) is 17.2. The van der Waals surface area contributed by atoms with Crippen LogP contribution in [-0.2, 0) is 16.6 Å². The smallest absolute Gasteiger partial charge is 0.265 e. The van der Waals surface area contributed by atoms with Crippen LogP contribution in [0.5, 0.6) is 17.2 Å². The average molecular weight is 383 g/mol. The fourth-order valence-corrected chi connectivity index (χ4v) is 3.88. The fourth-order valence-electron chi connectivity index (χ4n) is 2.68. The Hall–Kier alpha value is -3.19. The van der Waals surface area contributed by atoms with E-state index < -0.39 is 10.0 Å². The molecule has 4 rings (SSSR count). The van der Waals surface area contributed by atoms with Gasteiger partial charge >= 0.3 is 0 Å². The minimum Gasteiger partial charge on any atom is -0.487 e. The molecule has 138 valence electrons. The molecule has 0 fully saturated rings. The Morgan fingerprint density at radius 2 is 1.52 bits per heavy atom. The topological polar surface area (TPSA) is 73.9 Å². The first-order chi connectivity index (χ1) is 13.1. The summed E-state index contributed by atoms with van der Waals surface area (Å²) < 4.78 is 45.0. The van der Waals surface area contributed by atoms with Crippen LogP contribution in [-0.4, -0.2) is 15.2 Å². The third-order valence-corrected chi connectivity index (χ3v) is 5.39. The summed E-state index contributed by atoms with van der Waals surface area (Å²) in [5.41, 5.74) is 1.39. The lowest BCUT2D eigenvalue weighted by Gasteiger charge is -2.14. The zero-order valence-corrected chi connectivity index (χ0v) is 15.1. The normalized spacial score (nSPS) is 12.6. The van der Waals surface area contributed by atoms with Gasteiger partial charge in [0.2, 0.25) is 6.79 Å². The minimum absolute atomic E-state index is 0.00784. The number of rotatable bonds is 6. The van der Waals surface area contributed by atoms with Crippen molar-refractivity contribution in [3.8, 4) is 17.2 Å². The number of sulfonamides is 1. The van der Waals surface area contributed by atoms with Gasteiger partial charge in [0, 0.05) is 17.8 Å². The monoisotopic (exact) mass is 383 g/mol. The van der Waals surface area contributed by atoms with Gasteiger partial charge in [-0.3, -0.25) is 4.72 Å². The molecule has 0 aliphatic carbocycles. The quantitative estimate of drug-likeness (QED) is 0.701. The SMILES string of the molecule is O=S(=O)(Nc1ccccc1)c1cc2c(cc1OCc1ccccc1)OCO2. The first-order valence-electron chi connectivity index (χ1n) is 8.30. The second-order valence-corrected chi connectivity index (χ2v) is 7.55. The van der Waals surface area contributed by atoms with Crippen molar-refractivity contribution in [2.75, 3.05) is 11.5 Å². The Kier molecular flexibility index (Phi) is 4.60. The molecule has 0 atom stereocenters. The van der Waals surface area contributed by atoms with E-state index in [1.807, 2.05) is 36.4 Å². The molecule has 3 aromatic rings. The Morgan fingerprint density at radius 3 is 2.22 bits per heavy atom. The molecule has 1 N–H and O–H groups in total. The zero-order valence-electron chi connectivity index (χ0n) is 14.3. The Labute approximate surface area is 157 Å². The standard InChI is InChI=1S/C20H17NO5S/c22-27(23,21-16-9-5-2-6-10-16)20-12-18-17(25-14-26-18)11-19(20)24-13-15-7-3-1-4-8-15/h1-12,21H,13-14H2. The Balaban J connectivity index is 1.68. The number of anilines is 1. The largest absolute Gasteiger partial charge is 0.487 e. The number of ether oxygens (including phenoxy) is 3. The molecule has 7 heteroatoms. The predicted molar refractivity (Wildman–Crippen MR) is 101 cm³/mol. The molecule has 3 aromatic carbocycles. The van der Waals surface area contributed by atoms with E-state index in [2.05, 4.69) is 4.72 Å². The summed E-state index contributed by atoms with van der Waals surface area (Å²) in [7, 11) is -3.88. The van der Waals surface area contributed by atoms with Gasteiger partial charge in [0.05, 0.1) is 0 Å².